The van der Waals surface area contributed by atoms with Crippen LogP contribution in [-0.4, -0.2) is 93.8 Å². The SMILES string of the molecule is CCC(CC)C(=O)N[C@H](C(=O)N[C@@H](CC(=O)N1CCCC1)C(=O)N[C@@H](CC(=O)O)C(=O)N[C@@H](C)C(=O)O)C(C)(C)C. The molecule has 1 saturated heterocycles. The number of carbonyl (C=O) groups is 7. The van der Waals surface area contributed by atoms with Crippen LogP contribution in [-0.2, 0) is 33.6 Å². The molecule has 0 radical (unpaired) electrons. The summed E-state index contributed by atoms with van der Waals surface area (Å²) in [4.78, 5) is 89.3. The second kappa shape index (κ2) is 15.9. The van der Waals surface area contributed by atoms with E-state index in [-0.39, 0.29) is 11.8 Å². The lowest BCUT2D eigenvalue weighted by atomic mass is 9.85. The van der Waals surface area contributed by atoms with Crippen LogP contribution in [0, 0.1) is 11.3 Å². The number of hydrogen-bond donors (Lipinski definition) is 6. The highest BCUT2D eigenvalue weighted by molar-refractivity contribution is 5.98. The van der Waals surface area contributed by atoms with Crippen LogP contribution in [0.25, 0.3) is 0 Å². The molecule has 0 aliphatic carbocycles. The predicted octanol–water partition coefficient (Wildman–Crippen LogP) is -0.000400. The molecule has 5 amide bonds. The lowest BCUT2D eigenvalue weighted by Gasteiger charge is -2.33. The molecule has 0 unspecified atom stereocenters. The van der Waals surface area contributed by atoms with E-state index in [1.165, 1.54) is 6.92 Å². The highest BCUT2D eigenvalue weighted by atomic mass is 16.4. The molecule has 6 N–H and O–H groups in total. The summed E-state index contributed by atoms with van der Waals surface area (Å²) >= 11 is 0. The van der Waals surface area contributed by atoms with Crippen molar-refractivity contribution < 1.29 is 43.8 Å². The molecule has 0 bridgehead atoms. The monoisotopic (exact) mass is 583 g/mol. The molecule has 14 heteroatoms. The van der Waals surface area contributed by atoms with Gasteiger partial charge in [0.05, 0.1) is 12.8 Å². The molecular formula is C27H45N5O9. The summed E-state index contributed by atoms with van der Waals surface area (Å²) in [6.07, 6.45) is 1.34. The van der Waals surface area contributed by atoms with Crippen molar-refractivity contribution in [1.29, 1.82) is 0 Å². The number of likely N-dealkylation sites (tertiary alicyclic amines) is 1. The third kappa shape index (κ3) is 11.4. The molecule has 0 aromatic heterocycles. The zero-order valence-corrected chi connectivity index (χ0v) is 24.7. The van der Waals surface area contributed by atoms with Crippen LogP contribution < -0.4 is 21.3 Å². The van der Waals surface area contributed by atoms with Crippen LogP contribution in [0.4, 0.5) is 0 Å². The van der Waals surface area contributed by atoms with E-state index in [1.54, 1.807) is 25.7 Å². The molecule has 1 fully saturated rings. The molecule has 0 spiro atoms. The van der Waals surface area contributed by atoms with Gasteiger partial charge in [0.2, 0.25) is 29.5 Å². The van der Waals surface area contributed by atoms with Gasteiger partial charge >= 0.3 is 11.9 Å². The van der Waals surface area contributed by atoms with Gasteiger partial charge in [-0.25, -0.2) is 0 Å². The summed E-state index contributed by atoms with van der Waals surface area (Å²) in [5.74, 6) is -6.69. The fraction of sp³-hybridized carbons (Fsp3) is 0.741. The first-order valence-electron chi connectivity index (χ1n) is 14.0. The number of hydrogen-bond acceptors (Lipinski definition) is 7. The van der Waals surface area contributed by atoms with E-state index < -0.39 is 78.0 Å². The normalized spacial score (nSPS) is 16.2. The summed E-state index contributed by atoms with van der Waals surface area (Å²) in [5.41, 5.74) is -0.787. The van der Waals surface area contributed by atoms with Crippen molar-refractivity contribution in [3.05, 3.63) is 0 Å². The van der Waals surface area contributed by atoms with Crippen LogP contribution >= 0.6 is 0 Å². The summed E-state index contributed by atoms with van der Waals surface area (Å²) in [6.45, 7) is 11.0. The summed E-state index contributed by atoms with van der Waals surface area (Å²) < 4.78 is 0. The second-order valence-electron chi connectivity index (χ2n) is 11.4. The maximum absolute atomic E-state index is 13.5. The quantitative estimate of drug-likeness (QED) is 0.153. The van der Waals surface area contributed by atoms with E-state index in [0.29, 0.717) is 25.9 Å². The first-order valence-corrected chi connectivity index (χ1v) is 14.0. The Bertz CT molecular complexity index is 984. The van der Waals surface area contributed by atoms with Crippen LogP contribution in [0.2, 0.25) is 0 Å². The van der Waals surface area contributed by atoms with Gasteiger partial charge < -0.3 is 36.4 Å². The van der Waals surface area contributed by atoms with Gasteiger partial charge in [0, 0.05) is 19.0 Å². The lowest BCUT2D eigenvalue weighted by Crippen LogP contribution is -2.60. The van der Waals surface area contributed by atoms with Gasteiger partial charge in [0.25, 0.3) is 0 Å². The maximum Gasteiger partial charge on any atom is 0.325 e. The van der Waals surface area contributed by atoms with Crippen LogP contribution in [0.1, 0.15) is 80.1 Å². The Balaban J connectivity index is 3.27. The van der Waals surface area contributed by atoms with Crippen molar-refractivity contribution >= 4 is 41.5 Å². The number of aliphatic carboxylic acids is 2. The average molecular weight is 584 g/mol. The standard InChI is InChI=1S/C27H45N5O9/c1-7-16(8-2)22(36)31-21(27(4,5)6)25(39)30-17(13-19(33)32-11-9-10-12-32)24(38)29-18(14-20(34)35)23(37)28-15(3)26(40)41/h15-18,21H,7-14H2,1-6H3,(H,28,37)(H,29,38)(H,30,39)(H,31,36)(H,34,35)(H,40,41)/t15-,17-,18-,21+/m0/s1. The third-order valence-corrected chi connectivity index (χ3v) is 6.98. The number of nitrogens with zero attached hydrogens (tertiary/aromatic N) is 1. The molecule has 14 nitrogen and oxygen atoms in total. The molecule has 41 heavy (non-hydrogen) atoms. The largest absolute Gasteiger partial charge is 0.481 e. The molecular weight excluding hydrogens is 538 g/mol. The Morgan fingerprint density at radius 3 is 1.68 bits per heavy atom. The Hall–Kier alpha value is -3.71. The highest BCUT2D eigenvalue weighted by Gasteiger charge is 2.38. The van der Waals surface area contributed by atoms with Crippen molar-refractivity contribution in [2.75, 3.05) is 13.1 Å². The van der Waals surface area contributed by atoms with E-state index in [1.807, 2.05) is 13.8 Å². The van der Waals surface area contributed by atoms with Crippen molar-refractivity contribution in [2.45, 2.75) is 104 Å². The number of nitrogens with one attached hydrogen (secondary N) is 4. The van der Waals surface area contributed by atoms with Crippen LogP contribution in [0.15, 0.2) is 0 Å². The maximum atomic E-state index is 13.5. The molecule has 1 aliphatic rings. The first-order chi connectivity index (χ1) is 19.0. The number of amides is 5. The Morgan fingerprint density at radius 1 is 0.732 bits per heavy atom. The van der Waals surface area contributed by atoms with Crippen molar-refractivity contribution in [3.63, 3.8) is 0 Å². The molecule has 232 valence electrons. The third-order valence-electron chi connectivity index (χ3n) is 6.98. The number of carbonyl (C=O) groups excluding carboxylic acids is 5. The summed E-state index contributed by atoms with van der Waals surface area (Å²) in [5, 5.41) is 28.0. The van der Waals surface area contributed by atoms with Gasteiger partial charge in [-0.15, -0.1) is 0 Å². The van der Waals surface area contributed by atoms with Gasteiger partial charge in [0.1, 0.15) is 24.2 Å². The smallest absolute Gasteiger partial charge is 0.325 e. The highest BCUT2D eigenvalue weighted by Crippen LogP contribution is 2.21. The molecule has 1 heterocycles. The Labute approximate surface area is 240 Å². The molecule has 0 saturated carbocycles. The van der Waals surface area contributed by atoms with Gasteiger partial charge in [0.15, 0.2) is 0 Å². The molecule has 1 aliphatic heterocycles. The van der Waals surface area contributed by atoms with E-state index in [9.17, 15) is 38.7 Å². The minimum Gasteiger partial charge on any atom is -0.481 e. The minimum absolute atomic E-state index is 0.327. The first kappa shape index (κ1) is 35.3. The Kier molecular flexibility index (Phi) is 13.7. The lowest BCUT2D eigenvalue weighted by molar-refractivity contribution is -0.144. The number of rotatable bonds is 15. The summed E-state index contributed by atoms with van der Waals surface area (Å²) in [6, 6.07) is -5.64. The molecule has 1 rings (SSSR count). The van der Waals surface area contributed by atoms with Gasteiger partial charge in [-0.2, -0.15) is 0 Å². The average Bonchev–Trinajstić information content (AvgIpc) is 3.41. The van der Waals surface area contributed by atoms with E-state index >= 15 is 0 Å². The second-order valence-corrected chi connectivity index (χ2v) is 11.4. The van der Waals surface area contributed by atoms with Crippen molar-refractivity contribution in [3.8, 4) is 0 Å². The van der Waals surface area contributed by atoms with E-state index in [0.717, 1.165) is 12.8 Å². The van der Waals surface area contributed by atoms with E-state index in [2.05, 4.69) is 21.3 Å². The zero-order chi connectivity index (χ0) is 31.5. The van der Waals surface area contributed by atoms with Gasteiger partial charge in [-0.1, -0.05) is 34.6 Å². The molecule has 0 aromatic rings. The Morgan fingerprint density at radius 2 is 1.22 bits per heavy atom. The molecule has 4 atom stereocenters. The summed E-state index contributed by atoms with van der Waals surface area (Å²) in [7, 11) is 0. The zero-order valence-electron chi connectivity index (χ0n) is 24.7. The fourth-order valence-electron chi connectivity index (χ4n) is 4.36. The van der Waals surface area contributed by atoms with Crippen molar-refractivity contribution in [2.24, 2.45) is 11.3 Å². The topological polar surface area (TPSA) is 211 Å². The predicted molar refractivity (Wildman–Crippen MR) is 147 cm³/mol. The van der Waals surface area contributed by atoms with Crippen LogP contribution in [0.3, 0.4) is 0 Å². The molecule has 0 aromatic carbocycles. The number of carboxylic acids is 2. The minimum atomic E-state index is -1.68. The van der Waals surface area contributed by atoms with E-state index in [4.69, 9.17) is 5.11 Å². The van der Waals surface area contributed by atoms with Crippen LogP contribution in [0.5, 0.6) is 0 Å². The fourth-order valence-corrected chi connectivity index (χ4v) is 4.36. The van der Waals surface area contributed by atoms with Crippen molar-refractivity contribution in [1.82, 2.24) is 26.2 Å². The van der Waals surface area contributed by atoms with Gasteiger partial charge in [-0.3, -0.25) is 33.6 Å². The number of carboxylic acid groups (broad SMARTS) is 2. The van der Waals surface area contributed by atoms with Gasteiger partial charge in [-0.05, 0) is 38.0 Å².